The van der Waals surface area contributed by atoms with Crippen molar-refractivity contribution in [3.8, 4) is 0 Å². The molecule has 0 aromatic carbocycles. The summed E-state index contributed by atoms with van der Waals surface area (Å²) in [5.74, 6) is 0.622. The highest BCUT2D eigenvalue weighted by Gasteiger charge is 2.30. The highest BCUT2D eigenvalue weighted by Crippen LogP contribution is 2.40. The van der Waals surface area contributed by atoms with Crippen molar-refractivity contribution in [3.05, 3.63) is 21.9 Å². The van der Waals surface area contributed by atoms with Crippen molar-refractivity contribution in [2.75, 3.05) is 5.75 Å². The molecule has 0 aliphatic heterocycles. The van der Waals surface area contributed by atoms with E-state index in [1.807, 2.05) is 17.0 Å². The van der Waals surface area contributed by atoms with E-state index in [1.165, 1.54) is 16.6 Å². The van der Waals surface area contributed by atoms with Crippen LogP contribution < -0.4 is 0 Å². The van der Waals surface area contributed by atoms with Gasteiger partial charge >= 0.3 is 5.97 Å². The molecule has 0 atom stereocenters. The first-order chi connectivity index (χ1) is 9.65. The van der Waals surface area contributed by atoms with Gasteiger partial charge in [-0.3, -0.25) is 4.79 Å². The van der Waals surface area contributed by atoms with Gasteiger partial charge in [0.15, 0.2) is 5.16 Å². The SMILES string of the molecule is Cc1ncsc1Cn1c(SCC(=O)O)nnc1C1CC1. The van der Waals surface area contributed by atoms with Gasteiger partial charge in [-0.2, -0.15) is 0 Å². The van der Waals surface area contributed by atoms with Crippen molar-refractivity contribution in [2.24, 2.45) is 0 Å². The van der Waals surface area contributed by atoms with E-state index in [2.05, 4.69) is 15.2 Å². The largest absolute Gasteiger partial charge is 0.481 e. The van der Waals surface area contributed by atoms with Gasteiger partial charge in [-0.25, -0.2) is 4.98 Å². The molecule has 2 aromatic heterocycles. The molecule has 2 aromatic rings. The Labute approximate surface area is 124 Å². The van der Waals surface area contributed by atoms with Gasteiger partial charge in [0, 0.05) is 10.8 Å². The molecule has 106 valence electrons. The van der Waals surface area contributed by atoms with Crippen LogP contribution in [0.15, 0.2) is 10.7 Å². The molecule has 0 radical (unpaired) electrons. The number of thiazole rings is 1. The molecule has 3 rings (SSSR count). The molecule has 0 unspecified atom stereocenters. The zero-order valence-corrected chi connectivity index (χ0v) is 12.6. The Morgan fingerprint density at radius 2 is 2.35 bits per heavy atom. The van der Waals surface area contributed by atoms with Gasteiger partial charge in [-0.05, 0) is 19.8 Å². The van der Waals surface area contributed by atoms with Gasteiger partial charge in [-0.1, -0.05) is 11.8 Å². The number of hydrogen-bond acceptors (Lipinski definition) is 6. The Morgan fingerprint density at radius 1 is 1.55 bits per heavy atom. The third-order valence-electron chi connectivity index (χ3n) is 3.16. The average molecular weight is 310 g/mol. The fourth-order valence-electron chi connectivity index (χ4n) is 1.95. The van der Waals surface area contributed by atoms with Crippen molar-refractivity contribution >= 4 is 29.1 Å². The van der Waals surface area contributed by atoms with Gasteiger partial charge < -0.3 is 9.67 Å². The summed E-state index contributed by atoms with van der Waals surface area (Å²) in [5, 5.41) is 17.9. The average Bonchev–Trinajstić information content (AvgIpc) is 3.06. The summed E-state index contributed by atoms with van der Waals surface area (Å²) in [6, 6.07) is 0. The van der Waals surface area contributed by atoms with Crippen LogP contribution in [0.25, 0.3) is 0 Å². The van der Waals surface area contributed by atoms with Crippen LogP contribution in [0.4, 0.5) is 0 Å². The summed E-state index contributed by atoms with van der Waals surface area (Å²) in [7, 11) is 0. The fraction of sp³-hybridized carbons (Fsp3) is 0.500. The molecule has 1 fully saturated rings. The molecule has 0 saturated heterocycles. The second kappa shape index (κ2) is 5.53. The zero-order chi connectivity index (χ0) is 14.1. The number of aromatic nitrogens is 4. The quantitative estimate of drug-likeness (QED) is 0.823. The predicted molar refractivity (Wildman–Crippen MR) is 76.3 cm³/mol. The maximum absolute atomic E-state index is 10.7. The number of hydrogen-bond donors (Lipinski definition) is 1. The number of thioether (sulfide) groups is 1. The van der Waals surface area contributed by atoms with E-state index in [1.54, 1.807) is 11.3 Å². The van der Waals surface area contributed by atoms with Crippen molar-refractivity contribution in [1.29, 1.82) is 0 Å². The minimum Gasteiger partial charge on any atom is -0.481 e. The molecule has 1 aliphatic rings. The standard InChI is InChI=1S/C12H14N4O2S2/c1-7-9(20-6-13-7)4-16-11(8-2-3-8)14-15-12(16)19-5-10(17)18/h6,8H,2-5H2,1H3,(H,17,18). The normalized spacial score (nSPS) is 14.7. The van der Waals surface area contributed by atoms with Crippen LogP contribution in [0.1, 0.15) is 35.2 Å². The van der Waals surface area contributed by atoms with E-state index in [0.717, 1.165) is 24.4 Å². The molecule has 2 heterocycles. The molecule has 1 aliphatic carbocycles. The van der Waals surface area contributed by atoms with Crippen LogP contribution in [0.5, 0.6) is 0 Å². The topological polar surface area (TPSA) is 80.9 Å². The summed E-state index contributed by atoms with van der Waals surface area (Å²) in [4.78, 5) is 16.1. The lowest BCUT2D eigenvalue weighted by Crippen LogP contribution is -2.07. The molecule has 0 bridgehead atoms. The van der Waals surface area contributed by atoms with Gasteiger partial charge in [0.05, 0.1) is 23.5 Å². The van der Waals surface area contributed by atoms with Crippen molar-refractivity contribution in [2.45, 2.75) is 37.4 Å². The molecule has 1 saturated carbocycles. The smallest absolute Gasteiger partial charge is 0.313 e. The second-order valence-electron chi connectivity index (χ2n) is 4.74. The number of aliphatic carboxylic acids is 1. The minimum atomic E-state index is -0.841. The van der Waals surface area contributed by atoms with Gasteiger partial charge in [0.1, 0.15) is 5.82 Å². The maximum atomic E-state index is 10.7. The van der Waals surface area contributed by atoms with E-state index in [9.17, 15) is 4.79 Å². The molecule has 0 spiro atoms. The number of carboxylic acids is 1. The maximum Gasteiger partial charge on any atom is 0.313 e. The second-order valence-corrected chi connectivity index (χ2v) is 6.63. The summed E-state index contributed by atoms with van der Waals surface area (Å²) in [6.07, 6.45) is 2.28. The Kier molecular flexibility index (Phi) is 3.75. The lowest BCUT2D eigenvalue weighted by atomic mass is 10.3. The van der Waals surface area contributed by atoms with Crippen LogP contribution in [0, 0.1) is 6.92 Å². The number of nitrogens with zero attached hydrogens (tertiary/aromatic N) is 4. The third kappa shape index (κ3) is 2.85. The highest BCUT2D eigenvalue weighted by atomic mass is 32.2. The van der Waals surface area contributed by atoms with Crippen LogP contribution in [-0.4, -0.2) is 36.6 Å². The number of carboxylic acid groups (broad SMARTS) is 1. The van der Waals surface area contributed by atoms with E-state index < -0.39 is 5.97 Å². The van der Waals surface area contributed by atoms with E-state index in [4.69, 9.17) is 5.11 Å². The number of carbonyl (C=O) groups is 1. The van der Waals surface area contributed by atoms with Gasteiger partial charge in [0.25, 0.3) is 0 Å². The third-order valence-corrected chi connectivity index (χ3v) is 5.03. The molecular weight excluding hydrogens is 296 g/mol. The molecule has 6 nitrogen and oxygen atoms in total. The molecule has 20 heavy (non-hydrogen) atoms. The lowest BCUT2D eigenvalue weighted by Gasteiger charge is -2.08. The Bertz CT molecular complexity index is 633. The Morgan fingerprint density at radius 3 is 2.95 bits per heavy atom. The Hall–Kier alpha value is -1.41. The van der Waals surface area contributed by atoms with Crippen LogP contribution in [0.3, 0.4) is 0 Å². The first-order valence-electron chi connectivity index (χ1n) is 6.32. The number of aryl methyl sites for hydroxylation is 1. The van der Waals surface area contributed by atoms with Crippen molar-refractivity contribution < 1.29 is 9.90 Å². The summed E-state index contributed by atoms with van der Waals surface area (Å²) >= 11 is 2.83. The van der Waals surface area contributed by atoms with E-state index in [-0.39, 0.29) is 5.75 Å². The van der Waals surface area contributed by atoms with Crippen LogP contribution in [-0.2, 0) is 11.3 Å². The van der Waals surface area contributed by atoms with E-state index >= 15 is 0 Å². The number of rotatable bonds is 6. The van der Waals surface area contributed by atoms with Crippen molar-refractivity contribution in [3.63, 3.8) is 0 Å². The molecule has 8 heteroatoms. The summed E-state index contributed by atoms with van der Waals surface area (Å²) in [6.45, 7) is 2.66. The lowest BCUT2D eigenvalue weighted by molar-refractivity contribution is -0.133. The highest BCUT2D eigenvalue weighted by molar-refractivity contribution is 7.99. The first-order valence-corrected chi connectivity index (χ1v) is 8.18. The van der Waals surface area contributed by atoms with Gasteiger partial charge in [0.2, 0.25) is 0 Å². The molecular formula is C12H14N4O2S2. The molecule has 0 amide bonds. The summed E-state index contributed by atoms with van der Waals surface area (Å²) in [5.41, 5.74) is 2.84. The molecule has 1 N–H and O–H groups in total. The van der Waals surface area contributed by atoms with Crippen LogP contribution >= 0.6 is 23.1 Å². The van der Waals surface area contributed by atoms with E-state index in [0.29, 0.717) is 17.6 Å². The minimum absolute atomic E-state index is 0.00444. The fourth-order valence-corrected chi connectivity index (χ4v) is 3.38. The monoisotopic (exact) mass is 310 g/mol. The predicted octanol–water partition coefficient (Wildman–Crippen LogP) is 2.15. The summed E-state index contributed by atoms with van der Waals surface area (Å²) < 4.78 is 2.05. The van der Waals surface area contributed by atoms with Crippen LogP contribution in [0.2, 0.25) is 0 Å². The van der Waals surface area contributed by atoms with Crippen molar-refractivity contribution in [1.82, 2.24) is 19.7 Å². The van der Waals surface area contributed by atoms with Gasteiger partial charge in [-0.15, -0.1) is 21.5 Å². The zero-order valence-electron chi connectivity index (χ0n) is 10.9. The Balaban J connectivity index is 1.87. The first kappa shape index (κ1) is 13.6.